The lowest BCUT2D eigenvalue weighted by atomic mass is 10.1. The van der Waals surface area contributed by atoms with Crippen molar-refractivity contribution in [2.24, 2.45) is 5.92 Å². The van der Waals surface area contributed by atoms with Gasteiger partial charge in [-0.15, -0.1) is 10.2 Å². The number of aliphatic carboxylic acids is 1. The van der Waals surface area contributed by atoms with Gasteiger partial charge in [-0.25, -0.2) is 0 Å². The van der Waals surface area contributed by atoms with Gasteiger partial charge in [0.2, 0.25) is 5.95 Å². The minimum Gasteiger partial charge on any atom is -0.481 e. The molecule has 2 rings (SSSR count). The molecule has 0 spiro atoms. The van der Waals surface area contributed by atoms with Crippen LogP contribution in [-0.2, 0) is 4.79 Å². The Morgan fingerprint density at radius 1 is 1.59 bits per heavy atom. The number of thioether (sulfide) groups is 1. The van der Waals surface area contributed by atoms with Crippen LogP contribution in [0.2, 0.25) is 0 Å². The highest BCUT2D eigenvalue weighted by Gasteiger charge is 2.29. The highest BCUT2D eigenvalue weighted by atomic mass is 32.2. The van der Waals surface area contributed by atoms with E-state index in [0.717, 1.165) is 6.42 Å². The van der Waals surface area contributed by atoms with Gasteiger partial charge in [-0.2, -0.15) is 0 Å². The third-order valence-corrected chi connectivity index (χ3v) is 4.09. The molecule has 0 aromatic carbocycles. The highest BCUT2D eigenvalue weighted by molar-refractivity contribution is 7.99. The van der Waals surface area contributed by atoms with E-state index in [0.29, 0.717) is 23.1 Å². The number of nitrogens with zero attached hydrogens (tertiary/aromatic N) is 3. The monoisotopic (exact) mass is 256 g/mol. The quantitative estimate of drug-likeness (QED) is 0.791. The molecular formula is C10H16N4O2S. The minimum atomic E-state index is -0.859. The molecule has 0 saturated heterocycles. The summed E-state index contributed by atoms with van der Waals surface area (Å²) < 4.78 is 1.89. The number of hydrogen-bond acceptors (Lipinski definition) is 5. The van der Waals surface area contributed by atoms with E-state index in [9.17, 15) is 4.79 Å². The lowest BCUT2D eigenvalue weighted by Crippen LogP contribution is -2.15. The van der Waals surface area contributed by atoms with Crippen molar-refractivity contribution in [2.45, 2.75) is 37.4 Å². The second-order valence-corrected chi connectivity index (χ2v) is 5.31. The van der Waals surface area contributed by atoms with Crippen LogP contribution >= 0.6 is 11.8 Å². The molecule has 1 aliphatic carbocycles. The average molecular weight is 256 g/mol. The van der Waals surface area contributed by atoms with Gasteiger partial charge >= 0.3 is 5.97 Å². The molecule has 0 bridgehead atoms. The van der Waals surface area contributed by atoms with Crippen molar-refractivity contribution >= 4 is 23.7 Å². The van der Waals surface area contributed by atoms with Gasteiger partial charge < -0.3 is 10.8 Å². The van der Waals surface area contributed by atoms with Crippen LogP contribution in [0.4, 0.5) is 5.95 Å². The largest absolute Gasteiger partial charge is 0.481 e. The molecule has 0 amide bonds. The first-order valence-corrected chi connectivity index (χ1v) is 6.63. The van der Waals surface area contributed by atoms with Gasteiger partial charge in [-0.05, 0) is 18.8 Å². The maximum absolute atomic E-state index is 10.6. The Balaban J connectivity index is 2.19. The van der Waals surface area contributed by atoms with E-state index in [1.165, 1.54) is 24.6 Å². The fraction of sp³-hybridized carbons (Fsp3) is 0.700. The molecule has 0 aliphatic heterocycles. The molecule has 1 heterocycles. The summed E-state index contributed by atoms with van der Waals surface area (Å²) in [4.78, 5) is 10.6. The maximum atomic E-state index is 10.6. The number of carboxylic acids is 1. The van der Waals surface area contributed by atoms with Crippen LogP contribution in [0, 0.1) is 5.92 Å². The van der Waals surface area contributed by atoms with Crippen LogP contribution in [0.1, 0.15) is 32.2 Å². The molecule has 94 valence electrons. The number of aromatic nitrogens is 3. The van der Waals surface area contributed by atoms with Gasteiger partial charge in [0, 0.05) is 6.04 Å². The Morgan fingerprint density at radius 3 is 2.94 bits per heavy atom. The van der Waals surface area contributed by atoms with Crippen molar-refractivity contribution in [2.75, 3.05) is 11.5 Å². The van der Waals surface area contributed by atoms with Gasteiger partial charge in [0.1, 0.15) is 0 Å². The van der Waals surface area contributed by atoms with E-state index in [2.05, 4.69) is 17.1 Å². The second-order valence-electron chi connectivity index (χ2n) is 4.37. The molecular weight excluding hydrogens is 240 g/mol. The summed E-state index contributed by atoms with van der Waals surface area (Å²) in [5.41, 5.74) is 5.82. The summed E-state index contributed by atoms with van der Waals surface area (Å²) in [6.07, 6.45) is 3.40. The zero-order chi connectivity index (χ0) is 12.4. The number of nitrogens with two attached hydrogens (primary N) is 1. The van der Waals surface area contributed by atoms with E-state index in [4.69, 9.17) is 10.8 Å². The third-order valence-electron chi connectivity index (χ3n) is 3.16. The van der Waals surface area contributed by atoms with Crippen LogP contribution in [0.15, 0.2) is 5.16 Å². The minimum absolute atomic E-state index is 0.0146. The average Bonchev–Trinajstić information content (AvgIpc) is 2.82. The summed E-state index contributed by atoms with van der Waals surface area (Å²) in [6.45, 7) is 2.18. The zero-order valence-corrected chi connectivity index (χ0v) is 10.5. The molecule has 2 atom stereocenters. The molecule has 2 unspecified atom stereocenters. The first-order valence-electron chi connectivity index (χ1n) is 5.64. The summed E-state index contributed by atoms with van der Waals surface area (Å²) in [6, 6.07) is 0.307. The predicted molar refractivity (Wildman–Crippen MR) is 64.8 cm³/mol. The van der Waals surface area contributed by atoms with E-state index < -0.39 is 5.97 Å². The molecule has 0 radical (unpaired) electrons. The highest BCUT2D eigenvalue weighted by Crippen LogP contribution is 2.38. The van der Waals surface area contributed by atoms with Gasteiger partial charge in [0.05, 0.1) is 5.75 Å². The van der Waals surface area contributed by atoms with Crippen LogP contribution < -0.4 is 5.73 Å². The van der Waals surface area contributed by atoms with Crippen LogP contribution in [0.5, 0.6) is 0 Å². The molecule has 1 saturated carbocycles. The first kappa shape index (κ1) is 12.2. The van der Waals surface area contributed by atoms with E-state index in [1.807, 2.05) is 4.57 Å². The molecule has 6 nitrogen and oxygen atoms in total. The smallest absolute Gasteiger partial charge is 0.313 e. The topological polar surface area (TPSA) is 94.0 Å². The lowest BCUT2D eigenvalue weighted by Gasteiger charge is -2.19. The standard InChI is InChI=1S/C10H16N4O2S/c1-6-3-2-4-7(6)14-9(11)12-13-10(14)17-5-8(15)16/h6-7H,2-5H2,1H3,(H2,11,12)(H,15,16). The summed E-state index contributed by atoms with van der Waals surface area (Å²) in [7, 11) is 0. The van der Waals surface area contributed by atoms with Gasteiger partial charge in [0.15, 0.2) is 5.16 Å². The molecule has 1 aromatic heterocycles. The number of hydrogen-bond donors (Lipinski definition) is 2. The van der Waals surface area contributed by atoms with Crippen LogP contribution in [-0.4, -0.2) is 31.6 Å². The first-order chi connectivity index (χ1) is 8.09. The van der Waals surface area contributed by atoms with E-state index in [-0.39, 0.29) is 5.75 Å². The third kappa shape index (κ3) is 2.54. The Morgan fingerprint density at radius 2 is 2.35 bits per heavy atom. The summed E-state index contributed by atoms with van der Waals surface area (Å²) in [5, 5.41) is 17.1. The number of nitrogen functional groups attached to an aromatic ring is 1. The molecule has 1 aliphatic rings. The lowest BCUT2D eigenvalue weighted by molar-refractivity contribution is -0.133. The Bertz CT molecular complexity index is 420. The molecule has 7 heteroatoms. The number of rotatable bonds is 4. The number of anilines is 1. The normalized spacial score (nSPS) is 24.1. The maximum Gasteiger partial charge on any atom is 0.313 e. The zero-order valence-electron chi connectivity index (χ0n) is 9.67. The van der Waals surface area contributed by atoms with Crippen molar-refractivity contribution < 1.29 is 9.90 Å². The molecule has 1 fully saturated rings. The Labute approximate surface area is 104 Å². The van der Waals surface area contributed by atoms with Crippen molar-refractivity contribution in [1.82, 2.24) is 14.8 Å². The Kier molecular flexibility index (Phi) is 3.56. The summed E-state index contributed by atoms with van der Waals surface area (Å²) >= 11 is 1.17. The van der Waals surface area contributed by atoms with Crippen LogP contribution in [0.25, 0.3) is 0 Å². The molecule has 17 heavy (non-hydrogen) atoms. The van der Waals surface area contributed by atoms with Crippen LogP contribution in [0.3, 0.4) is 0 Å². The van der Waals surface area contributed by atoms with Gasteiger partial charge in [-0.1, -0.05) is 25.1 Å². The SMILES string of the molecule is CC1CCCC1n1c(N)nnc1SCC(=O)O. The molecule has 1 aromatic rings. The van der Waals surface area contributed by atoms with Gasteiger partial charge in [-0.3, -0.25) is 9.36 Å². The molecule has 3 N–H and O–H groups in total. The summed E-state index contributed by atoms with van der Waals surface area (Å²) in [5.74, 6) is 0.0517. The predicted octanol–water partition coefficient (Wildman–Crippen LogP) is 1.40. The Hall–Kier alpha value is -1.24. The fourth-order valence-corrected chi connectivity index (χ4v) is 3.05. The fourth-order valence-electron chi connectivity index (χ4n) is 2.33. The van der Waals surface area contributed by atoms with Gasteiger partial charge in [0.25, 0.3) is 0 Å². The van der Waals surface area contributed by atoms with Crippen molar-refractivity contribution in [3.05, 3.63) is 0 Å². The van der Waals surface area contributed by atoms with Crippen molar-refractivity contribution in [1.29, 1.82) is 0 Å². The number of carbonyl (C=O) groups is 1. The van der Waals surface area contributed by atoms with E-state index in [1.54, 1.807) is 0 Å². The second kappa shape index (κ2) is 4.95. The van der Waals surface area contributed by atoms with E-state index >= 15 is 0 Å². The van der Waals surface area contributed by atoms with Crippen molar-refractivity contribution in [3.8, 4) is 0 Å². The number of carboxylic acid groups (broad SMARTS) is 1. The van der Waals surface area contributed by atoms with Crippen molar-refractivity contribution in [3.63, 3.8) is 0 Å².